The van der Waals surface area contributed by atoms with E-state index >= 15 is 0 Å². The maximum absolute atomic E-state index is 10.4. The highest BCUT2D eigenvalue weighted by Gasteiger charge is 2.68. The second-order valence-corrected chi connectivity index (χ2v) is 13.9. The summed E-state index contributed by atoms with van der Waals surface area (Å²) in [4.78, 5) is 0. The van der Waals surface area contributed by atoms with E-state index in [4.69, 9.17) is 0 Å². The van der Waals surface area contributed by atoms with E-state index in [-0.39, 0.29) is 6.10 Å². The van der Waals surface area contributed by atoms with Crippen molar-refractivity contribution in [3.05, 3.63) is 11.6 Å². The maximum Gasteiger partial charge on any atom is 0.0577 e. The van der Waals surface area contributed by atoms with Crippen LogP contribution >= 0.6 is 0 Å². The van der Waals surface area contributed by atoms with Crippen molar-refractivity contribution in [3.8, 4) is 0 Å². The van der Waals surface area contributed by atoms with Crippen LogP contribution < -0.4 is 0 Å². The number of fused-ring (bicyclic) bond motifs is 5. The van der Waals surface area contributed by atoms with E-state index in [1.54, 1.807) is 5.57 Å². The molecule has 9 atom stereocenters. The van der Waals surface area contributed by atoms with Crippen LogP contribution in [0.25, 0.3) is 0 Å². The fourth-order valence-corrected chi connectivity index (χ4v) is 9.49. The minimum absolute atomic E-state index is 0.103. The molecule has 0 aliphatic heterocycles. The molecule has 0 saturated heterocycles. The fraction of sp³-hybridized carbons (Fsp3) is 0.933. The van der Waals surface area contributed by atoms with Crippen molar-refractivity contribution in [2.45, 2.75) is 126 Å². The third kappa shape index (κ3) is 3.33. The number of allylic oxidation sites excluding steroid dienone is 1. The summed E-state index contributed by atoms with van der Waals surface area (Å²) in [6, 6.07) is 0. The molecule has 0 aromatic heterocycles. The molecular weight excluding hydrogens is 376 g/mol. The smallest absolute Gasteiger partial charge is 0.0577 e. The minimum atomic E-state index is -0.103. The van der Waals surface area contributed by atoms with Gasteiger partial charge in [0.2, 0.25) is 0 Å². The first-order chi connectivity index (χ1) is 14.4. The van der Waals surface area contributed by atoms with Crippen LogP contribution in [0.5, 0.6) is 0 Å². The number of aliphatic hydroxyl groups excluding tert-OH is 1. The lowest BCUT2D eigenvalue weighted by atomic mass is 9.36. The van der Waals surface area contributed by atoms with Gasteiger partial charge in [0, 0.05) is 0 Å². The second kappa shape index (κ2) is 7.89. The van der Waals surface area contributed by atoms with Gasteiger partial charge in [-0.2, -0.15) is 0 Å². The first-order valence-corrected chi connectivity index (χ1v) is 13.8. The zero-order valence-corrected chi connectivity index (χ0v) is 22.1. The molecule has 0 radical (unpaired) electrons. The number of hydrogen-bond donors (Lipinski definition) is 1. The second-order valence-electron chi connectivity index (χ2n) is 13.9. The SMILES string of the molecule is CC(C)[C@H](C)CC[C@@H](C)[C@H]1CC[C@@]2(C)[C@@H]3CC=C4C[C@@H](O)CC[C@]4(C)[C@@]3(C)CC[C@]12C. The lowest BCUT2D eigenvalue weighted by Gasteiger charge is -2.68. The molecule has 0 spiro atoms. The van der Waals surface area contributed by atoms with Crippen molar-refractivity contribution >= 4 is 0 Å². The Hall–Kier alpha value is -0.300. The molecule has 4 aliphatic rings. The summed E-state index contributed by atoms with van der Waals surface area (Å²) in [6.45, 7) is 20.5. The first kappa shape index (κ1) is 23.8. The molecule has 1 nitrogen and oxygen atoms in total. The third-order valence-corrected chi connectivity index (χ3v) is 12.7. The van der Waals surface area contributed by atoms with E-state index in [1.165, 1.54) is 51.4 Å². The van der Waals surface area contributed by atoms with Gasteiger partial charge in [0.1, 0.15) is 0 Å². The van der Waals surface area contributed by atoms with Gasteiger partial charge in [-0.25, -0.2) is 0 Å². The van der Waals surface area contributed by atoms with Crippen LogP contribution in [0.1, 0.15) is 120 Å². The van der Waals surface area contributed by atoms with E-state index < -0.39 is 0 Å². The van der Waals surface area contributed by atoms with Gasteiger partial charge in [0.05, 0.1) is 6.10 Å². The summed E-state index contributed by atoms with van der Waals surface area (Å²) in [6.07, 6.45) is 15.4. The first-order valence-electron chi connectivity index (χ1n) is 13.8. The normalized spacial score (nSPS) is 49.1. The van der Waals surface area contributed by atoms with E-state index in [0.29, 0.717) is 21.7 Å². The maximum atomic E-state index is 10.4. The summed E-state index contributed by atoms with van der Waals surface area (Å²) >= 11 is 0. The third-order valence-electron chi connectivity index (χ3n) is 12.7. The highest BCUT2D eigenvalue weighted by molar-refractivity contribution is 5.30. The van der Waals surface area contributed by atoms with Gasteiger partial charge in [0.25, 0.3) is 0 Å². The summed E-state index contributed by atoms with van der Waals surface area (Å²) in [7, 11) is 0. The molecule has 0 amide bonds. The van der Waals surface area contributed by atoms with Gasteiger partial charge >= 0.3 is 0 Å². The Morgan fingerprint density at radius 1 is 0.871 bits per heavy atom. The molecular formula is C30H52O. The Morgan fingerprint density at radius 3 is 2.23 bits per heavy atom. The van der Waals surface area contributed by atoms with Crippen LogP contribution in [0.2, 0.25) is 0 Å². The average molecular weight is 429 g/mol. The Bertz CT molecular complexity index is 707. The number of rotatable bonds is 5. The molecule has 4 aliphatic carbocycles. The van der Waals surface area contributed by atoms with Crippen LogP contribution in [-0.4, -0.2) is 11.2 Å². The predicted molar refractivity (Wildman–Crippen MR) is 133 cm³/mol. The van der Waals surface area contributed by atoms with Crippen molar-refractivity contribution in [1.29, 1.82) is 0 Å². The van der Waals surface area contributed by atoms with Gasteiger partial charge in [0.15, 0.2) is 0 Å². The molecule has 31 heavy (non-hydrogen) atoms. The topological polar surface area (TPSA) is 20.2 Å². The zero-order chi connectivity index (χ0) is 22.8. The number of hydrogen-bond acceptors (Lipinski definition) is 1. The molecule has 3 saturated carbocycles. The Kier molecular flexibility index (Phi) is 6.07. The van der Waals surface area contributed by atoms with Crippen molar-refractivity contribution in [3.63, 3.8) is 0 Å². The van der Waals surface area contributed by atoms with Gasteiger partial charge in [-0.1, -0.05) is 79.9 Å². The van der Waals surface area contributed by atoms with Crippen molar-refractivity contribution < 1.29 is 5.11 Å². The lowest BCUT2D eigenvalue weighted by Crippen LogP contribution is -2.60. The molecule has 178 valence electrons. The molecule has 0 aromatic carbocycles. The number of aliphatic hydroxyl groups is 1. The quantitative estimate of drug-likeness (QED) is 0.436. The molecule has 3 fully saturated rings. The molecule has 4 rings (SSSR count). The van der Waals surface area contributed by atoms with E-state index in [2.05, 4.69) is 61.5 Å². The van der Waals surface area contributed by atoms with Gasteiger partial charge in [-0.15, -0.1) is 0 Å². The minimum Gasteiger partial charge on any atom is -0.393 e. The van der Waals surface area contributed by atoms with Gasteiger partial charge in [-0.3, -0.25) is 0 Å². The largest absolute Gasteiger partial charge is 0.393 e. The van der Waals surface area contributed by atoms with Crippen LogP contribution in [0, 0.1) is 51.2 Å². The van der Waals surface area contributed by atoms with Gasteiger partial charge in [-0.05, 0) is 103 Å². The molecule has 0 bridgehead atoms. The van der Waals surface area contributed by atoms with E-state index in [1.807, 2.05) is 0 Å². The molecule has 1 N–H and O–H groups in total. The Labute approximate surface area is 193 Å². The van der Waals surface area contributed by atoms with E-state index in [9.17, 15) is 5.11 Å². The van der Waals surface area contributed by atoms with Gasteiger partial charge < -0.3 is 5.11 Å². The average Bonchev–Trinajstić information content (AvgIpc) is 2.98. The predicted octanol–water partition coefficient (Wildman–Crippen LogP) is 8.41. The van der Waals surface area contributed by atoms with Crippen LogP contribution in [0.3, 0.4) is 0 Å². The van der Waals surface area contributed by atoms with Crippen LogP contribution in [0.15, 0.2) is 11.6 Å². The highest BCUT2D eigenvalue weighted by atomic mass is 16.3. The van der Waals surface area contributed by atoms with Crippen molar-refractivity contribution in [2.75, 3.05) is 0 Å². The molecule has 1 heteroatoms. The molecule has 0 heterocycles. The van der Waals surface area contributed by atoms with E-state index in [0.717, 1.165) is 42.4 Å². The summed E-state index contributed by atoms with van der Waals surface area (Å²) in [5, 5.41) is 10.4. The monoisotopic (exact) mass is 428 g/mol. The fourth-order valence-electron chi connectivity index (χ4n) is 9.49. The summed E-state index contributed by atoms with van der Waals surface area (Å²) < 4.78 is 0. The van der Waals surface area contributed by atoms with Crippen molar-refractivity contribution in [1.82, 2.24) is 0 Å². The zero-order valence-electron chi connectivity index (χ0n) is 22.1. The molecule has 0 unspecified atom stereocenters. The summed E-state index contributed by atoms with van der Waals surface area (Å²) in [5.74, 6) is 4.21. The lowest BCUT2D eigenvalue weighted by molar-refractivity contribution is -0.164. The van der Waals surface area contributed by atoms with Crippen LogP contribution in [-0.2, 0) is 0 Å². The summed E-state index contributed by atoms with van der Waals surface area (Å²) in [5.41, 5.74) is 3.26. The molecule has 0 aromatic rings. The van der Waals surface area contributed by atoms with Crippen molar-refractivity contribution in [2.24, 2.45) is 51.2 Å². The highest BCUT2D eigenvalue weighted by Crippen LogP contribution is 2.76. The van der Waals surface area contributed by atoms with Crippen LogP contribution in [0.4, 0.5) is 0 Å². The Balaban J connectivity index is 1.59. The Morgan fingerprint density at radius 2 is 1.55 bits per heavy atom. The standard InChI is InChI=1S/C30H52O/c1-20(2)21(3)9-10-22(4)25-14-16-29(7)26-12-11-23-19-24(31)13-15-27(23,5)30(26,8)18-17-28(25,29)6/h11,20-22,24-26,31H,9-10,12-19H2,1-8H3/t21-,22-,24+,25-,26+,27+,28-,29+,30+/m1/s1.